The van der Waals surface area contributed by atoms with Gasteiger partial charge in [-0.3, -0.25) is 27.6 Å². The zero-order chi connectivity index (χ0) is 34.1. The van der Waals surface area contributed by atoms with Crippen LogP contribution in [0.25, 0.3) is 0 Å². The Hall–Kier alpha value is -3.08. The number of carbonyl (C=O) groups excluding carboxylic acids is 4. The molecule has 21 heteroatoms. The van der Waals surface area contributed by atoms with Crippen LogP contribution in [0.2, 0.25) is 0 Å². The lowest BCUT2D eigenvalue weighted by atomic mass is 10.2. The smallest absolute Gasteiger partial charge is 0.374 e. The summed E-state index contributed by atoms with van der Waals surface area (Å²) in [6.45, 7) is -0.638. The molecule has 0 fully saturated rings. The van der Waals surface area contributed by atoms with Crippen molar-refractivity contribution in [3.05, 3.63) is 35.9 Å². The van der Waals surface area contributed by atoms with Crippen molar-refractivity contribution in [3.63, 3.8) is 0 Å². The Morgan fingerprint density at radius 3 is 1.67 bits per heavy atom. The van der Waals surface area contributed by atoms with E-state index in [1.54, 1.807) is 12.5 Å². The summed E-state index contributed by atoms with van der Waals surface area (Å²) >= 11 is -3.07. The van der Waals surface area contributed by atoms with Crippen LogP contribution in [-0.4, -0.2) is 135 Å². The van der Waals surface area contributed by atoms with Crippen LogP contribution in [0.4, 0.5) is 9.59 Å². The fraction of sp³-hybridized carbons (Fsp3) is 0.500. The van der Waals surface area contributed by atoms with E-state index >= 15 is 0 Å². The fourth-order valence-corrected chi connectivity index (χ4v) is 4.64. The quantitative estimate of drug-likeness (QED) is 0.124. The second-order valence-corrected chi connectivity index (χ2v) is 12.7. The van der Waals surface area contributed by atoms with Gasteiger partial charge in [0, 0.05) is 42.3 Å². The molecule has 1 aromatic rings. The van der Waals surface area contributed by atoms with Gasteiger partial charge in [-0.05, 0) is 18.1 Å². The lowest BCUT2D eigenvalue weighted by Crippen LogP contribution is -2.37. The summed E-state index contributed by atoms with van der Waals surface area (Å²) in [6, 6.07) is 9.07. The number of hydrogen-bond donors (Lipinski definition) is 0. The standard InChI is InChI=1S/C24H36N6O11S4/c1-27(2)21(31)19(42-7)25-39-23(33)29(5)44(35)38-16-18(15-37-14-17-12-10-9-11-13-17)41-45(36)30(6)24(34)40-26-20(43-8)22(32)28(3)4/h9-13,18H,14-16H2,1-8H3/b25-19-,26-20-. The summed E-state index contributed by atoms with van der Waals surface area (Å²) in [5, 5.41) is 6.76. The van der Waals surface area contributed by atoms with Crippen LogP contribution < -0.4 is 0 Å². The Morgan fingerprint density at radius 2 is 1.22 bits per heavy atom. The van der Waals surface area contributed by atoms with Gasteiger partial charge < -0.3 is 14.5 Å². The van der Waals surface area contributed by atoms with Gasteiger partial charge in [-0.25, -0.2) is 26.6 Å². The highest BCUT2D eigenvalue weighted by atomic mass is 32.2. The summed E-state index contributed by atoms with van der Waals surface area (Å²) in [6.07, 6.45) is -0.479. The average Bonchev–Trinajstić information content (AvgIpc) is 3.02. The maximum absolute atomic E-state index is 12.8. The Kier molecular flexibility index (Phi) is 18.5. The van der Waals surface area contributed by atoms with Crippen molar-refractivity contribution in [2.45, 2.75) is 12.7 Å². The molecule has 0 aliphatic heterocycles. The SMILES string of the molecule is CS/C(=N\OC(=O)N(C)S(=O)OCC(COCc1ccccc1)OS(=O)N(C)C(=O)O/N=C(\SC)C(=O)N(C)C)C(=O)N(C)C. The molecule has 0 aliphatic carbocycles. The Bertz CT molecular complexity index is 1270. The molecule has 0 saturated carbocycles. The van der Waals surface area contributed by atoms with E-state index in [0.29, 0.717) is 8.61 Å². The van der Waals surface area contributed by atoms with Crippen LogP contribution in [0.5, 0.6) is 0 Å². The van der Waals surface area contributed by atoms with E-state index in [1.165, 1.54) is 38.0 Å². The lowest BCUT2D eigenvalue weighted by Gasteiger charge is -2.21. The predicted octanol–water partition coefficient (Wildman–Crippen LogP) is 1.43. The molecule has 252 valence electrons. The molecule has 0 N–H and O–H groups in total. The number of nitrogens with zero attached hydrogens (tertiary/aromatic N) is 6. The molecular formula is C24H36N6O11S4. The van der Waals surface area contributed by atoms with Gasteiger partial charge in [0.15, 0.2) is 0 Å². The third-order valence-electron chi connectivity index (χ3n) is 4.93. The minimum Gasteiger partial charge on any atom is -0.374 e. The Morgan fingerprint density at radius 1 is 0.756 bits per heavy atom. The molecule has 0 bridgehead atoms. The van der Waals surface area contributed by atoms with Gasteiger partial charge in [-0.2, -0.15) is 0 Å². The van der Waals surface area contributed by atoms with Crippen LogP contribution in [-0.2, 0) is 61.5 Å². The molecule has 0 radical (unpaired) electrons. The topological polar surface area (TPSA) is 186 Å². The second kappa shape index (κ2) is 20.9. The minimum absolute atomic E-state index is 0.123. The zero-order valence-corrected chi connectivity index (χ0v) is 29.2. The summed E-state index contributed by atoms with van der Waals surface area (Å²) in [5.41, 5.74) is 0.817. The van der Waals surface area contributed by atoms with Crippen LogP contribution in [0.3, 0.4) is 0 Å². The molecule has 1 rings (SSSR count). The molecule has 0 aliphatic rings. The number of benzene rings is 1. The van der Waals surface area contributed by atoms with E-state index in [9.17, 15) is 27.6 Å². The summed E-state index contributed by atoms with van der Waals surface area (Å²) < 4.78 is 42.8. The third-order valence-corrected chi connectivity index (χ3v) is 8.17. The van der Waals surface area contributed by atoms with E-state index < -0.39 is 59.2 Å². The van der Waals surface area contributed by atoms with Gasteiger partial charge in [-0.1, -0.05) is 40.6 Å². The molecule has 17 nitrogen and oxygen atoms in total. The van der Waals surface area contributed by atoms with Crippen LogP contribution in [0, 0.1) is 0 Å². The summed E-state index contributed by atoms with van der Waals surface area (Å²) in [7, 11) is 8.15. The molecule has 4 amide bonds. The van der Waals surface area contributed by atoms with E-state index in [0.717, 1.165) is 43.2 Å². The van der Waals surface area contributed by atoms with Crippen molar-refractivity contribution in [1.29, 1.82) is 0 Å². The molecule has 0 spiro atoms. The molecule has 0 heterocycles. The molecular weight excluding hydrogens is 677 g/mol. The maximum Gasteiger partial charge on any atom is 0.449 e. The van der Waals surface area contributed by atoms with Crippen molar-refractivity contribution in [3.8, 4) is 0 Å². The van der Waals surface area contributed by atoms with E-state index in [1.807, 2.05) is 30.3 Å². The van der Waals surface area contributed by atoms with Gasteiger partial charge in [-0.15, -0.1) is 23.5 Å². The first-order valence-corrected chi connectivity index (χ1v) is 17.1. The normalized spacial score (nSPS) is 13.7. The number of rotatable bonds is 13. The summed E-state index contributed by atoms with van der Waals surface area (Å²) in [4.78, 5) is 60.7. The number of carbonyl (C=O) groups is 4. The van der Waals surface area contributed by atoms with Gasteiger partial charge in [0.05, 0.1) is 19.8 Å². The highest BCUT2D eigenvalue weighted by molar-refractivity contribution is 8.15. The molecule has 3 atom stereocenters. The monoisotopic (exact) mass is 712 g/mol. The van der Waals surface area contributed by atoms with Gasteiger partial charge >= 0.3 is 12.2 Å². The largest absolute Gasteiger partial charge is 0.449 e. The first-order chi connectivity index (χ1) is 21.2. The molecule has 3 unspecified atom stereocenters. The van der Waals surface area contributed by atoms with Crippen LogP contribution in [0.15, 0.2) is 40.6 Å². The lowest BCUT2D eigenvalue weighted by molar-refractivity contribution is -0.122. The first kappa shape index (κ1) is 39.9. The first-order valence-electron chi connectivity index (χ1n) is 12.6. The second-order valence-electron chi connectivity index (χ2n) is 8.75. The number of hydrogen-bond acceptors (Lipinski definition) is 15. The van der Waals surface area contributed by atoms with Gasteiger partial charge in [0.2, 0.25) is 10.1 Å². The van der Waals surface area contributed by atoms with Gasteiger partial charge in [0.1, 0.15) is 6.10 Å². The molecule has 1 aromatic carbocycles. The van der Waals surface area contributed by atoms with Crippen molar-refractivity contribution in [1.82, 2.24) is 18.4 Å². The average molecular weight is 713 g/mol. The Labute approximate surface area is 275 Å². The molecule has 45 heavy (non-hydrogen) atoms. The van der Waals surface area contributed by atoms with Gasteiger partial charge in [0.25, 0.3) is 34.3 Å². The fourth-order valence-electron chi connectivity index (χ4n) is 2.49. The summed E-state index contributed by atoms with van der Waals surface area (Å²) in [5.74, 6) is -1.02. The number of ether oxygens (including phenoxy) is 1. The molecule has 0 aromatic heterocycles. The highest BCUT2D eigenvalue weighted by Crippen LogP contribution is 2.10. The number of amides is 4. The van der Waals surface area contributed by atoms with Crippen LogP contribution in [0.1, 0.15) is 5.56 Å². The Balaban J connectivity index is 2.91. The minimum atomic E-state index is -2.49. The third kappa shape index (κ3) is 14.3. The highest BCUT2D eigenvalue weighted by Gasteiger charge is 2.26. The van der Waals surface area contributed by atoms with E-state index in [4.69, 9.17) is 22.8 Å². The molecule has 0 saturated heterocycles. The van der Waals surface area contributed by atoms with E-state index in [2.05, 4.69) is 10.3 Å². The van der Waals surface area contributed by atoms with Crippen LogP contribution >= 0.6 is 23.5 Å². The predicted molar refractivity (Wildman–Crippen MR) is 171 cm³/mol. The maximum atomic E-state index is 12.8. The van der Waals surface area contributed by atoms with Crippen molar-refractivity contribution in [2.24, 2.45) is 10.3 Å². The number of thioether (sulfide) groups is 2. The van der Waals surface area contributed by atoms with Crippen molar-refractivity contribution in [2.75, 3.05) is 68.0 Å². The number of oxime groups is 2. The van der Waals surface area contributed by atoms with Crippen molar-refractivity contribution >= 4 is 80.1 Å². The zero-order valence-electron chi connectivity index (χ0n) is 25.9. The van der Waals surface area contributed by atoms with Crippen molar-refractivity contribution < 1.29 is 50.4 Å². The van der Waals surface area contributed by atoms with E-state index in [-0.39, 0.29) is 23.3 Å².